The topological polar surface area (TPSA) is 125 Å². The van der Waals surface area contributed by atoms with Gasteiger partial charge in [-0.05, 0) is 32.0 Å². The van der Waals surface area contributed by atoms with Crippen molar-refractivity contribution in [1.82, 2.24) is 4.72 Å². The van der Waals surface area contributed by atoms with Crippen LogP contribution in [0.2, 0.25) is 5.02 Å². The Hall–Kier alpha value is -1.06. The highest BCUT2D eigenvalue weighted by atomic mass is 35.5. The molecule has 0 bridgehead atoms. The molecule has 0 aliphatic heterocycles. The van der Waals surface area contributed by atoms with Crippen LogP contribution in [0.1, 0.15) is 13.8 Å². The van der Waals surface area contributed by atoms with Gasteiger partial charge in [-0.3, -0.25) is 4.79 Å². The van der Waals surface area contributed by atoms with Crippen LogP contribution in [0.3, 0.4) is 0 Å². The van der Waals surface area contributed by atoms with Gasteiger partial charge in [0.25, 0.3) is 5.91 Å². The summed E-state index contributed by atoms with van der Waals surface area (Å²) in [6.45, 7) is 2.94. The number of rotatable bonds is 7. The molecule has 0 spiro atoms. The standard InChI is InChI=1S/C12H18ClN3O4S.ClH/c1-12(2,15)7-16-21(18,19)10-5-8(13)3-4-9(10)20-6-11(14)17;/h3-5,16H,6-7,15H2,1-2H3,(H2,14,17);1H. The first-order valence-corrected chi connectivity index (χ1v) is 7.86. The average molecular weight is 372 g/mol. The highest BCUT2D eigenvalue weighted by molar-refractivity contribution is 7.89. The third-order valence-corrected chi connectivity index (χ3v) is 3.94. The lowest BCUT2D eigenvalue weighted by Crippen LogP contribution is -2.45. The molecule has 0 heterocycles. The fourth-order valence-electron chi connectivity index (χ4n) is 1.32. The number of hydrogen-bond donors (Lipinski definition) is 3. The second-order valence-corrected chi connectivity index (χ2v) is 7.33. The van der Waals surface area contributed by atoms with E-state index in [9.17, 15) is 13.2 Å². The zero-order valence-electron chi connectivity index (χ0n) is 12.1. The van der Waals surface area contributed by atoms with Gasteiger partial charge in [0.1, 0.15) is 10.6 Å². The van der Waals surface area contributed by atoms with Crippen molar-refractivity contribution >= 4 is 39.9 Å². The van der Waals surface area contributed by atoms with Crippen molar-refractivity contribution in [3.05, 3.63) is 23.2 Å². The number of benzene rings is 1. The summed E-state index contributed by atoms with van der Waals surface area (Å²) in [5.74, 6) is -0.732. The third-order valence-electron chi connectivity index (χ3n) is 2.28. The van der Waals surface area contributed by atoms with Gasteiger partial charge in [0.15, 0.2) is 6.61 Å². The first kappa shape index (κ1) is 20.9. The summed E-state index contributed by atoms with van der Waals surface area (Å²) in [4.78, 5) is 10.6. The number of ether oxygens (including phenoxy) is 1. The molecule has 0 aliphatic carbocycles. The number of nitrogens with two attached hydrogens (primary N) is 2. The van der Waals surface area contributed by atoms with Crippen molar-refractivity contribution in [1.29, 1.82) is 0 Å². The van der Waals surface area contributed by atoms with Crippen molar-refractivity contribution in [2.45, 2.75) is 24.3 Å². The van der Waals surface area contributed by atoms with Crippen molar-refractivity contribution in [3.8, 4) is 5.75 Å². The zero-order valence-corrected chi connectivity index (χ0v) is 14.5. The van der Waals surface area contributed by atoms with Crippen molar-refractivity contribution < 1.29 is 17.9 Å². The number of halogens is 2. The van der Waals surface area contributed by atoms with Gasteiger partial charge in [-0.25, -0.2) is 13.1 Å². The van der Waals surface area contributed by atoms with E-state index >= 15 is 0 Å². The Morgan fingerprint density at radius 2 is 2.00 bits per heavy atom. The Morgan fingerprint density at radius 1 is 1.41 bits per heavy atom. The fourth-order valence-corrected chi connectivity index (χ4v) is 2.95. The van der Waals surface area contributed by atoms with Gasteiger partial charge in [0.2, 0.25) is 10.0 Å². The van der Waals surface area contributed by atoms with Crippen LogP contribution in [0.15, 0.2) is 23.1 Å². The first-order chi connectivity index (χ1) is 9.51. The predicted octanol–water partition coefficient (Wildman–Crippen LogP) is 0.641. The Kier molecular flexibility index (Phi) is 7.60. The number of carbonyl (C=O) groups is 1. The normalized spacial score (nSPS) is 11.6. The van der Waals surface area contributed by atoms with E-state index < -0.39 is 28.1 Å². The Labute approximate surface area is 140 Å². The predicted molar refractivity (Wildman–Crippen MR) is 86.8 cm³/mol. The second kappa shape index (κ2) is 7.98. The van der Waals surface area contributed by atoms with Gasteiger partial charge in [-0.15, -0.1) is 12.4 Å². The maximum atomic E-state index is 12.3. The Balaban J connectivity index is 0.00000441. The molecule has 1 amide bonds. The molecule has 0 aliphatic rings. The number of carbonyl (C=O) groups excluding carboxylic acids is 1. The first-order valence-electron chi connectivity index (χ1n) is 6.00. The van der Waals surface area contributed by atoms with Crippen LogP contribution in [-0.4, -0.2) is 33.0 Å². The third kappa shape index (κ3) is 6.80. The van der Waals surface area contributed by atoms with Crippen molar-refractivity contribution in [2.75, 3.05) is 13.2 Å². The zero-order chi connectivity index (χ0) is 16.3. The minimum atomic E-state index is -3.89. The molecule has 1 aromatic rings. The molecule has 0 radical (unpaired) electrons. The van der Waals surface area contributed by atoms with Gasteiger partial charge in [-0.2, -0.15) is 0 Å². The summed E-state index contributed by atoms with van der Waals surface area (Å²) in [7, 11) is -3.89. The second-order valence-electron chi connectivity index (χ2n) is 5.16. The molecule has 0 saturated heterocycles. The molecule has 7 nitrogen and oxygen atoms in total. The van der Waals surface area contributed by atoms with Crippen LogP contribution >= 0.6 is 24.0 Å². The van der Waals surface area contributed by atoms with Crippen molar-refractivity contribution in [3.63, 3.8) is 0 Å². The SMILES string of the molecule is CC(C)(N)CNS(=O)(=O)c1cc(Cl)ccc1OCC(N)=O.Cl. The highest BCUT2D eigenvalue weighted by Crippen LogP contribution is 2.27. The lowest BCUT2D eigenvalue weighted by molar-refractivity contribution is -0.120. The molecule has 1 rings (SSSR count). The van der Waals surface area contributed by atoms with Crippen LogP contribution in [0.5, 0.6) is 5.75 Å². The van der Waals surface area contributed by atoms with Crippen LogP contribution in [0, 0.1) is 0 Å². The Morgan fingerprint density at radius 3 is 2.50 bits per heavy atom. The number of sulfonamides is 1. The lowest BCUT2D eigenvalue weighted by Gasteiger charge is -2.19. The molecule has 0 fully saturated rings. The maximum absolute atomic E-state index is 12.3. The summed E-state index contributed by atoms with van der Waals surface area (Å²) in [6.07, 6.45) is 0. The number of hydrogen-bond acceptors (Lipinski definition) is 5. The van der Waals surface area contributed by atoms with Crippen molar-refractivity contribution in [2.24, 2.45) is 11.5 Å². The van der Waals surface area contributed by atoms with Gasteiger partial charge in [-0.1, -0.05) is 11.6 Å². The van der Waals surface area contributed by atoms with Gasteiger partial charge >= 0.3 is 0 Å². The molecule has 1 aromatic carbocycles. The number of primary amides is 1. The van der Waals surface area contributed by atoms with E-state index in [1.165, 1.54) is 18.2 Å². The molecule has 0 unspecified atom stereocenters. The minimum Gasteiger partial charge on any atom is -0.482 e. The van der Waals surface area contributed by atoms with Gasteiger partial charge in [0.05, 0.1) is 0 Å². The maximum Gasteiger partial charge on any atom is 0.255 e. The average Bonchev–Trinajstić information content (AvgIpc) is 2.34. The Bertz CT molecular complexity index is 630. The monoisotopic (exact) mass is 371 g/mol. The smallest absolute Gasteiger partial charge is 0.255 e. The summed E-state index contributed by atoms with van der Waals surface area (Å²) in [5.41, 5.74) is 9.99. The molecule has 126 valence electrons. The van der Waals surface area contributed by atoms with Gasteiger partial charge < -0.3 is 16.2 Å². The van der Waals surface area contributed by atoms with E-state index in [0.717, 1.165) is 0 Å². The quantitative estimate of drug-likeness (QED) is 0.648. The summed E-state index contributed by atoms with van der Waals surface area (Å²) >= 11 is 5.81. The van der Waals surface area contributed by atoms with E-state index in [1.54, 1.807) is 13.8 Å². The van der Waals surface area contributed by atoms with Crippen LogP contribution in [0.25, 0.3) is 0 Å². The largest absolute Gasteiger partial charge is 0.482 e. The van der Waals surface area contributed by atoms with E-state index in [2.05, 4.69) is 4.72 Å². The lowest BCUT2D eigenvalue weighted by atomic mass is 10.1. The summed E-state index contributed by atoms with van der Waals surface area (Å²) < 4.78 is 32.0. The minimum absolute atomic E-state index is 0. The summed E-state index contributed by atoms with van der Waals surface area (Å²) in [6, 6.07) is 4.03. The molecular weight excluding hydrogens is 353 g/mol. The summed E-state index contributed by atoms with van der Waals surface area (Å²) in [5, 5.41) is 0.216. The van der Waals surface area contributed by atoms with E-state index in [4.69, 9.17) is 27.8 Å². The highest BCUT2D eigenvalue weighted by Gasteiger charge is 2.23. The molecular formula is C12H19Cl2N3O4S. The molecule has 22 heavy (non-hydrogen) atoms. The van der Waals surface area contributed by atoms with Crippen LogP contribution in [0.4, 0.5) is 0 Å². The molecule has 10 heteroatoms. The van der Waals surface area contributed by atoms with Gasteiger partial charge in [0, 0.05) is 17.1 Å². The van der Waals surface area contributed by atoms with E-state index in [1.807, 2.05) is 0 Å². The molecule has 0 aromatic heterocycles. The van der Waals surface area contributed by atoms with E-state index in [-0.39, 0.29) is 34.6 Å². The molecule has 0 saturated carbocycles. The van der Waals surface area contributed by atoms with Crippen LogP contribution < -0.4 is 20.9 Å². The van der Waals surface area contributed by atoms with Crippen LogP contribution in [-0.2, 0) is 14.8 Å². The number of nitrogens with one attached hydrogen (secondary N) is 1. The molecule has 5 N–H and O–H groups in total. The van der Waals surface area contributed by atoms with E-state index in [0.29, 0.717) is 0 Å². The molecule has 0 atom stereocenters. The fraction of sp³-hybridized carbons (Fsp3) is 0.417. The number of amides is 1.